The van der Waals surface area contributed by atoms with Crippen LogP contribution in [0.3, 0.4) is 0 Å². The van der Waals surface area contributed by atoms with E-state index in [9.17, 15) is 4.79 Å². The van der Waals surface area contributed by atoms with Crippen molar-refractivity contribution in [3.8, 4) is 0 Å². The van der Waals surface area contributed by atoms with Crippen molar-refractivity contribution in [1.82, 2.24) is 5.32 Å². The summed E-state index contributed by atoms with van der Waals surface area (Å²) in [6.45, 7) is 14.2. The molecule has 0 saturated carbocycles. The Morgan fingerprint density at radius 2 is 1.69 bits per heavy atom. The molecule has 3 heteroatoms. The second-order valence-corrected chi connectivity index (χ2v) is 6.43. The van der Waals surface area contributed by atoms with Crippen LogP contribution in [0.2, 0.25) is 0 Å². The Labute approximate surface area is 101 Å². The molecule has 16 heavy (non-hydrogen) atoms. The second kappa shape index (κ2) is 6.24. The average Bonchev–Trinajstić information content (AvgIpc) is 2.07. The highest BCUT2D eigenvalue weighted by Gasteiger charge is 2.20. The monoisotopic (exact) mass is 231 g/mol. The fourth-order valence-electron chi connectivity index (χ4n) is 0.982. The van der Waals surface area contributed by atoms with Crippen molar-refractivity contribution in [3.05, 3.63) is 0 Å². The van der Waals surface area contributed by atoms with Gasteiger partial charge in [-0.2, -0.15) is 0 Å². The summed E-state index contributed by atoms with van der Waals surface area (Å²) >= 11 is 0. The molecule has 0 bridgehead atoms. The summed E-state index contributed by atoms with van der Waals surface area (Å²) in [5, 5.41) is 2.86. The summed E-state index contributed by atoms with van der Waals surface area (Å²) in [6, 6.07) is 0. The molecule has 1 amide bonds. The maximum absolute atomic E-state index is 11.5. The van der Waals surface area contributed by atoms with E-state index in [0.29, 0.717) is 18.6 Å². The highest BCUT2D eigenvalue weighted by molar-refractivity contribution is 5.81. The average molecular weight is 231 g/mol. The van der Waals surface area contributed by atoms with Gasteiger partial charge in [-0.15, -0.1) is 0 Å². The highest BCUT2D eigenvalue weighted by Crippen LogP contribution is 2.17. The third kappa shape index (κ3) is 8.72. The molecule has 1 N–H and O–H groups in total. The van der Waals surface area contributed by atoms with Crippen molar-refractivity contribution in [2.24, 2.45) is 10.8 Å². The van der Waals surface area contributed by atoms with Gasteiger partial charge in [0.25, 0.3) is 0 Å². The minimum atomic E-state index is -0.314. The lowest BCUT2D eigenvalue weighted by atomic mass is 9.93. The van der Waals surface area contributed by atoms with E-state index in [1.165, 1.54) is 0 Å². The summed E-state index contributed by atoms with van der Waals surface area (Å²) in [5.41, 5.74) is 0.0000668. The predicted molar refractivity (Wildman–Crippen MR) is 69.5 cm³/mol. The van der Waals surface area contributed by atoms with E-state index in [2.05, 4.69) is 26.1 Å². The lowest BCUT2D eigenvalue weighted by molar-refractivity contribution is -0.128. The molecule has 0 aromatic rings. The molecule has 0 aliphatic heterocycles. The van der Waals surface area contributed by atoms with E-state index < -0.39 is 0 Å². The van der Waals surface area contributed by atoms with Gasteiger partial charge in [0.15, 0.2) is 0 Å². The van der Waals surface area contributed by atoms with Gasteiger partial charge < -0.3 is 10.1 Å². The van der Waals surface area contributed by atoms with E-state index in [4.69, 9.17) is 4.74 Å². The first-order valence-electron chi connectivity index (χ1n) is 5.99. The Bertz CT molecular complexity index is 216. The SMILES string of the molecule is CC(C)(C)CCOCCNC(=O)C(C)(C)C.[HH]. The molecule has 0 unspecified atom stereocenters. The first-order chi connectivity index (χ1) is 7.13. The number of carbonyl (C=O) groups is 1. The standard InChI is InChI=1S/C13H27NO2.H2/c1-12(2,3)7-9-16-10-8-14-11(15)13(4,5)6;/h7-10H2,1-6H3,(H,14,15);1H. The van der Waals surface area contributed by atoms with Crippen LogP contribution in [-0.2, 0) is 9.53 Å². The van der Waals surface area contributed by atoms with Crippen LogP contribution in [0.25, 0.3) is 0 Å². The Balaban J connectivity index is 0. The van der Waals surface area contributed by atoms with Gasteiger partial charge in [0.2, 0.25) is 5.91 Å². The number of ether oxygens (including phenoxy) is 1. The molecule has 0 aromatic heterocycles. The Hall–Kier alpha value is -0.570. The van der Waals surface area contributed by atoms with Gasteiger partial charge in [-0.25, -0.2) is 0 Å². The quantitative estimate of drug-likeness (QED) is 0.739. The molecule has 0 saturated heterocycles. The van der Waals surface area contributed by atoms with Crippen LogP contribution in [-0.4, -0.2) is 25.7 Å². The van der Waals surface area contributed by atoms with Crippen molar-refractivity contribution >= 4 is 5.91 Å². The molecule has 0 heterocycles. The molecule has 0 fully saturated rings. The number of rotatable bonds is 5. The molecule has 0 rings (SSSR count). The first-order valence-corrected chi connectivity index (χ1v) is 5.99. The third-order valence-corrected chi connectivity index (χ3v) is 2.21. The summed E-state index contributed by atoms with van der Waals surface area (Å²) in [5.74, 6) is 0.0759. The molecule has 0 atom stereocenters. The van der Waals surface area contributed by atoms with Gasteiger partial charge in [0.1, 0.15) is 0 Å². The molecule has 0 aliphatic rings. The van der Waals surface area contributed by atoms with Crippen molar-refractivity contribution in [2.45, 2.75) is 48.0 Å². The normalized spacial score (nSPS) is 12.6. The second-order valence-electron chi connectivity index (χ2n) is 6.43. The minimum Gasteiger partial charge on any atom is -0.380 e. The van der Waals surface area contributed by atoms with E-state index >= 15 is 0 Å². The fraction of sp³-hybridized carbons (Fsp3) is 0.923. The van der Waals surface area contributed by atoms with Gasteiger partial charge in [0.05, 0.1) is 6.61 Å². The zero-order valence-corrected chi connectivity index (χ0v) is 11.6. The maximum Gasteiger partial charge on any atom is 0.225 e. The van der Waals surface area contributed by atoms with Gasteiger partial charge in [0, 0.05) is 20.0 Å². The van der Waals surface area contributed by atoms with E-state index in [1.54, 1.807) is 0 Å². The third-order valence-electron chi connectivity index (χ3n) is 2.21. The summed E-state index contributed by atoms with van der Waals surface area (Å²) < 4.78 is 5.46. The molecule has 0 aromatic carbocycles. The molecular formula is C13H29NO2. The van der Waals surface area contributed by atoms with Crippen LogP contribution in [0.15, 0.2) is 0 Å². The first kappa shape index (κ1) is 15.4. The van der Waals surface area contributed by atoms with Crippen LogP contribution < -0.4 is 5.32 Å². The molecule has 3 nitrogen and oxygen atoms in total. The van der Waals surface area contributed by atoms with Crippen molar-refractivity contribution in [2.75, 3.05) is 19.8 Å². The van der Waals surface area contributed by atoms with Crippen molar-refractivity contribution < 1.29 is 11.0 Å². The lowest BCUT2D eigenvalue weighted by Gasteiger charge is -2.19. The molecule has 0 radical (unpaired) electrons. The topological polar surface area (TPSA) is 38.3 Å². The highest BCUT2D eigenvalue weighted by atomic mass is 16.5. The van der Waals surface area contributed by atoms with Crippen LogP contribution >= 0.6 is 0 Å². The lowest BCUT2D eigenvalue weighted by Crippen LogP contribution is -2.36. The zero-order chi connectivity index (χ0) is 12.8. The molecule has 0 aliphatic carbocycles. The van der Waals surface area contributed by atoms with Crippen LogP contribution in [0.1, 0.15) is 49.4 Å². The van der Waals surface area contributed by atoms with Gasteiger partial charge in [-0.1, -0.05) is 41.5 Å². The van der Waals surface area contributed by atoms with Crippen molar-refractivity contribution in [3.63, 3.8) is 0 Å². The Morgan fingerprint density at radius 3 is 2.12 bits per heavy atom. The Kier molecular flexibility index (Phi) is 6.01. The number of hydrogen-bond donors (Lipinski definition) is 1. The van der Waals surface area contributed by atoms with Crippen molar-refractivity contribution in [1.29, 1.82) is 0 Å². The van der Waals surface area contributed by atoms with E-state index in [-0.39, 0.29) is 12.7 Å². The van der Waals surface area contributed by atoms with Crippen LogP contribution in [0.4, 0.5) is 0 Å². The minimum absolute atomic E-state index is 0. The van der Waals surface area contributed by atoms with Gasteiger partial charge in [-0.3, -0.25) is 4.79 Å². The number of carbonyl (C=O) groups excluding carboxylic acids is 1. The van der Waals surface area contributed by atoms with Gasteiger partial charge in [-0.05, 0) is 11.8 Å². The summed E-state index contributed by atoms with van der Waals surface area (Å²) in [6.07, 6.45) is 1.04. The fourth-order valence-corrected chi connectivity index (χ4v) is 0.982. The number of hydrogen-bond acceptors (Lipinski definition) is 2. The van der Waals surface area contributed by atoms with E-state index in [1.807, 2.05) is 20.8 Å². The number of amides is 1. The summed E-state index contributed by atoms with van der Waals surface area (Å²) in [4.78, 5) is 11.5. The largest absolute Gasteiger partial charge is 0.380 e. The molecule has 98 valence electrons. The molecule has 0 spiro atoms. The zero-order valence-electron chi connectivity index (χ0n) is 11.6. The smallest absolute Gasteiger partial charge is 0.225 e. The molecular weight excluding hydrogens is 202 g/mol. The predicted octanol–water partition coefficient (Wildman–Crippen LogP) is 2.85. The maximum atomic E-state index is 11.5. The van der Waals surface area contributed by atoms with Crippen LogP contribution in [0, 0.1) is 10.8 Å². The Morgan fingerprint density at radius 1 is 1.12 bits per heavy atom. The van der Waals surface area contributed by atoms with Gasteiger partial charge >= 0.3 is 0 Å². The number of nitrogens with one attached hydrogen (secondary N) is 1. The van der Waals surface area contributed by atoms with E-state index in [0.717, 1.165) is 13.0 Å². The van der Waals surface area contributed by atoms with Crippen LogP contribution in [0.5, 0.6) is 0 Å². The summed E-state index contributed by atoms with van der Waals surface area (Å²) in [7, 11) is 0.